The summed E-state index contributed by atoms with van der Waals surface area (Å²) in [5, 5.41) is 3.30. The first-order chi connectivity index (χ1) is 13.2. The summed E-state index contributed by atoms with van der Waals surface area (Å²) in [7, 11) is 0. The number of nitrogens with one attached hydrogen (secondary N) is 1. The van der Waals surface area contributed by atoms with Crippen molar-refractivity contribution in [3.63, 3.8) is 0 Å². The minimum atomic E-state index is -0.630. The van der Waals surface area contributed by atoms with E-state index in [0.29, 0.717) is 29.1 Å². The summed E-state index contributed by atoms with van der Waals surface area (Å²) in [6.07, 6.45) is 2.09. The van der Waals surface area contributed by atoms with Gasteiger partial charge in [0.25, 0.3) is 0 Å². The molecule has 6 nitrogen and oxygen atoms in total. The first-order valence-corrected chi connectivity index (χ1v) is 9.61. The van der Waals surface area contributed by atoms with Gasteiger partial charge in [-0.3, -0.25) is 4.79 Å². The Balaban J connectivity index is 1.84. The Hall–Kier alpha value is -2.76. The van der Waals surface area contributed by atoms with Crippen molar-refractivity contribution >= 4 is 11.8 Å². The van der Waals surface area contributed by atoms with Crippen LogP contribution in [-0.2, 0) is 14.3 Å². The standard InChI is InChI=1S/C22H25NO5/c1-12-18(21(25)28-22(2,3)4)19(20-14(23-12)6-5-7-15(20)24)13-8-9-16-17(10-13)27-11-26-16/h8-10,19,23H,5-7,11H2,1-4H3. The number of benzene rings is 1. The van der Waals surface area contributed by atoms with Crippen LogP contribution in [0.3, 0.4) is 0 Å². The van der Waals surface area contributed by atoms with Gasteiger partial charge < -0.3 is 19.5 Å². The highest BCUT2D eigenvalue weighted by molar-refractivity contribution is 6.03. The molecule has 0 aromatic heterocycles. The molecule has 148 valence electrons. The van der Waals surface area contributed by atoms with Gasteiger partial charge in [-0.2, -0.15) is 0 Å². The van der Waals surface area contributed by atoms with Crippen molar-refractivity contribution in [3.8, 4) is 11.5 Å². The summed E-state index contributed by atoms with van der Waals surface area (Å²) in [4.78, 5) is 26.0. The Morgan fingerprint density at radius 1 is 1.18 bits per heavy atom. The molecule has 0 amide bonds. The number of fused-ring (bicyclic) bond motifs is 1. The molecule has 0 bridgehead atoms. The van der Waals surface area contributed by atoms with Crippen LogP contribution in [0.2, 0.25) is 0 Å². The van der Waals surface area contributed by atoms with E-state index >= 15 is 0 Å². The zero-order chi connectivity index (χ0) is 20.1. The molecule has 0 fully saturated rings. The van der Waals surface area contributed by atoms with Crippen LogP contribution >= 0.6 is 0 Å². The molecule has 0 saturated carbocycles. The fourth-order valence-electron chi connectivity index (χ4n) is 4.01. The lowest BCUT2D eigenvalue weighted by Crippen LogP contribution is -2.36. The molecule has 1 aromatic carbocycles. The van der Waals surface area contributed by atoms with Crippen molar-refractivity contribution in [2.75, 3.05) is 6.79 Å². The summed E-state index contributed by atoms with van der Waals surface area (Å²) in [5.74, 6) is 0.479. The molecule has 6 heteroatoms. The second kappa shape index (κ2) is 6.69. The Morgan fingerprint density at radius 2 is 1.93 bits per heavy atom. The van der Waals surface area contributed by atoms with E-state index in [1.165, 1.54) is 0 Å². The molecular weight excluding hydrogens is 358 g/mol. The highest BCUT2D eigenvalue weighted by atomic mass is 16.7. The maximum atomic E-state index is 13.1. The zero-order valence-electron chi connectivity index (χ0n) is 16.7. The smallest absolute Gasteiger partial charge is 0.337 e. The molecule has 4 rings (SSSR count). The number of hydrogen-bond acceptors (Lipinski definition) is 6. The fraction of sp³-hybridized carbons (Fsp3) is 0.455. The second-order valence-electron chi connectivity index (χ2n) is 8.38. The monoisotopic (exact) mass is 383 g/mol. The van der Waals surface area contributed by atoms with E-state index in [1.54, 1.807) is 0 Å². The van der Waals surface area contributed by atoms with Gasteiger partial charge in [0.1, 0.15) is 5.60 Å². The maximum absolute atomic E-state index is 13.1. The van der Waals surface area contributed by atoms with E-state index in [1.807, 2.05) is 45.9 Å². The third-order valence-electron chi connectivity index (χ3n) is 5.12. The van der Waals surface area contributed by atoms with Gasteiger partial charge in [-0.05, 0) is 58.2 Å². The number of dihydropyridines is 1. The van der Waals surface area contributed by atoms with Crippen LogP contribution in [0.25, 0.3) is 0 Å². The van der Waals surface area contributed by atoms with Crippen LogP contribution in [0.5, 0.6) is 11.5 Å². The molecule has 1 aromatic rings. The van der Waals surface area contributed by atoms with E-state index in [2.05, 4.69) is 5.32 Å². The number of esters is 1. The Bertz CT molecular complexity index is 919. The molecule has 28 heavy (non-hydrogen) atoms. The van der Waals surface area contributed by atoms with Gasteiger partial charge in [-0.1, -0.05) is 6.07 Å². The number of allylic oxidation sites excluding steroid dienone is 3. The summed E-state index contributed by atoms with van der Waals surface area (Å²) in [6.45, 7) is 7.54. The van der Waals surface area contributed by atoms with Crippen LogP contribution in [-0.4, -0.2) is 24.1 Å². The topological polar surface area (TPSA) is 73.9 Å². The van der Waals surface area contributed by atoms with Gasteiger partial charge in [-0.15, -0.1) is 0 Å². The number of carbonyl (C=O) groups is 2. The van der Waals surface area contributed by atoms with E-state index in [9.17, 15) is 9.59 Å². The number of carbonyl (C=O) groups excluding carboxylic acids is 2. The summed E-state index contributed by atoms with van der Waals surface area (Å²) < 4.78 is 16.6. The molecule has 0 spiro atoms. The van der Waals surface area contributed by atoms with Crippen molar-refractivity contribution in [2.24, 2.45) is 0 Å². The summed E-state index contributed by atoms with van der Waals surface area (Å²) >= 11 is 0. The Morgan fingerprint density at radius 3 is 2.68 bits per heavy atom. The van der Waals surface area contributed by atoms with Gasteiger partial charge in [0.15, 0.2) is 17.3 Å². The molecule has 2 aliphatic heterocycles. The van der Waals surface area contributed by atoms with Gasteiger partial charge in [-0.25, -0.2) is 4.79 Å². The summed E-state index contributed by atoms with van der Waals surface area (Å²) in [6, 6.07) is 5.59. The van der Waals surface area contributed by atoms with Gasteiger partial charge in [0.05, 0.1) is 5.57 Å². The average molecular weight is 383 g/mol. The minimum absolute atomic E-state index is 0.0741. The van der Waals surface area contributed by atoms with Crippen molar-refractivity contribution < 1.29 is 23.8 Å². The summed E-state index contributed by atoms with van der Waals surface area (Å²) in [5.41, 5.74) is 2.97. The first kappa shape index (κ1) is 18.6. The van der Waals surface area contributed by atoms with Crippen LogP contribution < -0.4 is 14.8 Å². The third kappa shape index (κ3) is 3.28. The molecule has 1 atom stereocenters. The third-order valence-corrected chi connectivity index (χ3v) is 5.12. The zero-order valence-corrected chi connectivity index (χ0v) is 16.7. The Kier molecular flexibility index (Phi) is 4.44. The molecule has 1 aliphatic carbocycles. The quantitative estimate of drug-likeness (QED) is 0.785. The highest BCUT2D eigenvalue weighted by Gasteiger charge is 2.40. The van der Waals surface area contributed by atoms with Crippen LogP contribution in [0.1, 0.15) is 58.4 Å². The van der Waals surface area contributed by atoms with Crippen LogP contribution in [0.15, 0.2) is 40.7 Å². The van der Waals surface area contributed by atoms with E-state index < -0.39 is 17.5 Å². The molecule has 1 N–H and O–H groups in total. The van der Waals surface area contributed by atoms with Crippen molar-refractivity contribution in [1.29, 1.82) is 0 Å². The lowest BCUT2D eigenvalue weighted by Gasteiger charge is -2.35. The molecule has 2 heterocycles. The van der Waals surface area contributed by atoms with Gasteiger partial charge in [0, 0.05) is 29.3 Å². The Labute approximate surface area is 164 Å². The predicted molar refractivity (Wildman–Crippen MR) is 103 cm³/mol. The van der Waals surface area contributed by atoms with E-state index in [-0.39, 0.29) is 12.6 Å². The van der Waals surface area contributed by atoms with Crippen molar-refractivity contribution in [3.05, 3.63) is 46.3 Å². The lowest BCUT2D eigenvalue weighted by atomic mass is 9.75. The maximum Gasteiger partial charge on any atom is 0.337 e. The van der Waals surface area contributed by atoms with Crippen LogP contribution in [0, 0.1) is 0 Å². The lowest BCUT2D eigenvalue weighted by molar-refractivity contribution is -0.150. The van der Waals surface area contributed by atoms with E-state index in [4.69, 9.17) is 14.2 Å². The number of rotatable bonds is 2. The predicted octanol–water partition coefficient (Wildman–Crippen LogP) is 3.72. The number of Topliss-reactive ketones (excluding diaryl/α,β-unsaturated/α-hetero) is 1. The number of hydrogen-bond donors (Lipinski definition) is 1. The van der Waals surface area contributed by atoms with Crippen LogP contribution in [0.4, 0.5) is 0 Å². The average Bonchev–Trinajstić information content (AvgIpc) is 3.06. The highest BCUT2D eigenvalue weighted by Crippen LogP contribution is 2.45. The fourth-order valence-corrected chi connectivity index (χ4v) is 4.01. The molecule has 3 aliphatic rings. The van der Waals surface area contributed by atoms with Gasteiger partial charge in [0.2, 0.25) is 6.79 Å². The van der Waals surface area contributed by atoms with Crippen molar-refractivity contribution in [1.82, 2.24) is 5.32 Å². The SMILES string of the molecule is CC1=C(C(=O)OC(C)(C)C)C(c2ccc3c(c2)OCO3)C2=C(CCCC2=O)N1. The largest absolute Gasteiger partial charge is 0.457 e. The van der Waals surface area contributed by atoms with Gasteiger partial charge >= 0.3 is 5.97 Å². The second-order valence-corrected chi connectivity index (χ2v) is 8.38. The number of ketones is 1. The van der Waals surface area contributed by atoms with Crippen molar-refractivity contribution in [2.45, 2.75) is 58.5 Å². The molecule has 1 unspecified atom stereocenters. The van der Waals surface area contributed by atoms with E-state index in [0.717, 1.165) is 29.8 Å². The molecule has 0 radical (unpaired) electrons. The normalized spacial score (nSPS) is 21.4. The molecular formula is C22H25NO5. The first-order valence-electron chi connectivity index (χ1n) is 9.61. The minimum Gasteiger partial charge on any atom is -0.457 e. The molecule has 0 saturated heterocycles. The number of ether oxygens (including phenoxy) is 3.